The molecule has 5 rings (SSSR count). The van der Waals surface area contributed by atoms with Crippen molar-refractivity contribution in [1.82, 2.24) is 0 Å². The number of benzene rings is 2. The first-order chi connectivity index (χ1) is 15.3. The van der Waals surface area contributed by atoms with Crippen LogP contribution in [0.25, 0.3) is 0 Å². The number of carbonyl (C=O) groups is 3. The van der Waals surface area contributed by atoms with Gasteiger partial charge in [-0.25, -0.2) is 4.79 Å². The van der Waals surface area contributed by atoms with Crippen LogP contribution >= 0.6 is 12.6 Å². The van der Waals surface area contributed by atoms with E-state index in [2.05, 4.69) is 12.6 Å². The van der Waals surface area contributed by atoms with Crippen molar-refractivity contribution in [3.8, 4) is 11.5 Å². The van der Waals surface area contributed by atoms with Gasteiger partial charge in [0, 0.05) is 47.9 Å². The number of hydrogen-bond acceptors (Lipinski definition) is 8. The van der Waals surface area contributed by atoms with E-state index < -0.39 is 29.6 Å². The smallest absolute Gasteiger partial charge is 0.340 e. The number of thiol groups is 1. The highest BCUT2D eigenvalue weighted by molar-refractivity contribution is 7.80. The molecule has 2 aliphatic heterocycles. The number of ether oxygens (including phenoxy) is 4. The first-order valence-corrected chi connectivity index (χ1v) is 10.4. The largest absolute Gasteiger partial charge is 0.485 e. The van der Waals surface area contributed by atoms with E-state index >= 15 is 0 Å². The Morgan fingerprint density at radius 1 is 1.03 bits per heavy atom. The van der Waals surface area contributed by atoms with E-state index in [0.29, 0.717) is 44.4 Å². The maximum absolute atomic E-state index is 12.9. The molecule has 2 unspecified atom stereocenters. The minimum atomic E-state index is -1.22. The molecule has 2 atom stereocenters. The predicted octanol–water partition coefficient (Wildman–Crippen LogP) is 3.85. The van der Waals surface area contributed by atoms with Crippen LogP contribution in [0.3, 0.4) is 0 Å². The van der Waals surface area contributed by atoms with E-state index in [-0.39, 0.29) is 6.42 Å². The summed E-state index contributed by atoms with van der Waals surface area (Å²) in [6, 6.07) is 10.3. The average molecular weight is 450 g/mol. The lowest BCUT2D eigenvalue weighted by molar-refractivity contribution is -0.137. The van der Waals surface area contributed by atoms with Gasteiger partial charge in [0.25, 0.3) is 0 Å². The topological polar surface area (TPSA) is 88.1 Å². The standard InChI is InChI=1S/C24H18O7S/c1-12(25)28-14-3-6-19-21(9-14)30-22-10-15(29-13(2)26)4-7-20(22)24(19)18-8-5-16(32)11-17(18)23(27)31-24/h3-9,11,22,32H,10H2,1-2H3. The quantitative estimate of drug-likeness (QED) is 0.422. The fraction of sp³-hybridized carbons (Fsp3) is 0.208. The Hall–Kier alpha value is -3.52. The fourth-order valence-electron chi connectivity index (χ4n) is 4.46. The van der Waals surface area contributed by atoms with Crippen LogP contribution < -0.4 is 9.47 Å². The van der Waals surface area contributed by atoms with Crippen LogP contribution in [0.15, 0.2) is 64.8 Å². The Morgan fingerprint density at radius 3 is 2.53 bits per heavy atom. The number of rotatable bonds is 2. The lowest BCUT2D eigenvalue weighted by atomic mass is 9.73. The summed E-state index contributed by atoms with van der Waals surface area (Å²) in [7, 11) is 0. The van der Waals surface area contributed by atoms with Gasteiger partial charge in [-0.15, -0.1) is 12.6 Å². The van der Waals surface area contributed by atoms with Crippen LogP contribution in [0.1, 0.15) is 41.8 Å². The monoisotopic (exact) mass is 450 g/mol. The fourth-order valence-corrected chi connectivity index (χ4v) is 4.66. The van der Waals surface area contributed by atoms with Crippen LogP contribution in [-0.4, -0.2) is 24.0 Å². The molecule has 0 amide bonds. The molecule has 1 aliphatic carbocycles. The Morgan fingerprint density at radius 2 is 1.78 bits per heavy atom. The summed E-state index contributed by atoms with van der Waals surface area (Å²) in [5.41, 5.74) is 1.19. The second-order valence-electron chi connectivity index (χ2n) is 7.71. The van der Waals surface area contributed by atoms with Gasteiger partial charge in [0.2, 0.25) is 0 Å². The molecule has 2 aromatic carbocycles. The molecular weight excluding hydrogens is 432 g/mol. The zero-order valence-electron chi connectivity index (χ0n) is 17.2. The first-order valence-electron chi connectivity index (χ1n) is 9.94. The second-order valence-corrected chi connectivity index (χ2v) is 8.23. The molecule has 2 heterocycles. The number of esters is 3. The van der Waals surface area contributed by atoms with Gasteiger partial charge >= 0.3 is 17.9 Å². The van der Waals surface area contributed by atoms with Crippen molar-refractivity contribution in [3.05, 3.63) is 76.6 Å². The normalized spacial score (nSPS) is 22.5. The number of allylic oxidation sites excluding steroid dienone is 2. The molecule has 0 N–H and O–H groups in total. The van der Waals surface area contributed by atoms with Crippen molar-refractivity contribution in [2.24, 2.45) is 0 Å². The highest BCUT2D eigenvalue weighted by Crippen LogP contribution is 2.56. The van der Waals surface area contributed by atoms with E-state index in [1.54, 1.807) is 42.5 Å². The highest BCUT2D eigenvalue weighted by atomic mass is 32.1. The molecule has 7 nitrogen and oxygen atoms in total. The molecule has 0 fully saturated rings. The van der Waals surface area contributed by atoms with Gasteiger partial charge in [0.05, 0.1) is 5.56 Å². The summed E-state index contributed by atoms with van der Waals surface area (Å²) in [4.78, 5) is 36.5. The number of fused-ring (bicyclic) bond motifs is 6. The van der Waals surface area contributed by atoms with Gasteiger partial charge in [-0.3, -0.25) is 9.59 Å². The van der Waals surface area contributed by atoms with E-state index in [1.165, 1.54) is 13.8 Å². The van der Waals surface area contributed by atoms with Gasteiger partial charge in [-0.1, -0.05) is 12.1 Å². The Bertz CT molecular complexity index is 1260. The number of hydrogen-bond donors (Lipinski definition) is 1. The van der Waals surface area contributed by atoms with Crippen molar-refractivity contribution < 1.29 is 33.3 Å². The Balaban J connectivity index is 1.73. The van der Waals surface area contributed by atoms with Gasteiger partial charge in [-0.2, -0.15) is 0 Å². The summed E-state index contributed by atoms with van der Waals surface area (Å²) >= 11 is 4.36. The van der Waals surface area contributed by atoms with Crippen molar-refractivity contribution >= 4 is 30.5 Å². The van der Waals surface area contributed by atoms with Crippen molar-refractivity contribution in [2.45, 2.75) is 36.9 Å². The third kappa shape index (κ3) is 3.10. The minimum absolute atomic E-state index is 0.266. The molecule has 0 saturated heterocycles. The van der Waals surface area contributed by atoms with Crippen molar-refractivity contribution in [1.29, 1.82) is 0 Å². The van der Waals surface area contributed by atoms with Gasteiger partial charge in [-0.05, 0) is 30.3 Å². The molecular formula is C24H18O7S. The Kier molecular flexibility index (Phi) is 4.63. The summed E-state index contributed by atoms with van der Waals surface area (Å²) in [6.45, 7) is 2.64. The van der Waals surface area contributed by atoms with E-state index in [4.69, 9.17) is 18.9 Å². The lowest BCUT2D eigenvalue weighted by Gasteiger charge is -2.42. The molecule has 32 heavy (non-hydrogen) atoms. The average Bonchev–Trinajstić information content (AvgIpc) is 2.99. The maximum Gasteiger partial charge on any atom is 0.340 e. The van der Waals surface area contributed by atoms with Crippen molar-refractivity contribution in [2.75, 3.05) is 0 Å². The molecule has 8 heteroatoms. The molecule has 3 aliphatic rings. The second kappa shape index (κ2) is 7.27. The van der Waals surface area contributed by atoms with Gasteiger partial charge < -0.3 is 18.9 Å². The SMILES string of the molecule is CC(=O)OC1=CC=C2C(C1)Oc1cc(OC(C)=O)ccc1C21OC(=O)c2cc(S)ccc21. The third-order valence-electron chi connectivity index (χ3n) is 5.57. The van der Waals surface area contributed by atoms with Gasteiger partial charge in [0.15, 0.2) is 5.60 Å². The lowest BCUT2D eigenvalue weighted by Crippen LogP contribution is -2.43. The molecule has 0 aromatic heterocycles. The zero-order chi connectivity index (χ0) is 22.6. The van der Waals surface area contributed by atoms with Crippen LogP contribution in [0.4, 0.5) is 0 Å². The van der Waals surface area contributed by atoms with Crippen molar-refractivity contribution in [3.63, 3.8) is 0 Å². The van der Waals surface area contributed by atoms with Crippen LogP contribution in [0.2, 0.25) is 0 Å². The summed E-state index contributed by atoms with van der Waals surface area (Å²) in [5, 5.41) is 0. The first kappa shape index (κ1) is 20.4. The zero-order valence-corrected chi connectivity index (χ0v) is 18.1. The summed E-state index contributed by atoms with van der Waals surface area (Å²) in [6.07, 6.45) is 3.16. The predicted molar refractivity (Wildman–Crippen MR) is 115 cm³/mol. The molecule has 0 bridgehead atoms. The van der Waals surface area contributed by atoms with Crippen LogP contribution in [0, 0.1) is 0 Å². The van der Waals surface area contributed by atoms with E-state index in [1.807, 2.05) is 6.07 Å². The number of carbonyl (C=O) groups excluding carboxylic acids is 3. The van der Waals surface area contributed by atoms with Gasteiger partial charge in [0.1, 0.15) is 23.4 Å². The Labute approximate surface area is 189 Å². The third-order valence-corrected chi connectivity index (χ3v) is 5.85. The van der Waals surface area contributed by atoms with Crippen LogP contribution in [0.5, 0.6) is 11.5 Å². The maximum atomic E-state index is 12.9. The van der Waals surface area contributed by atoms with E-state index in [0.717, 1.165) is 0 Å². The molecule has 1 spiro atoms. The summed E-state index contributed by atoms with van der Waals surface area (Å²) in [5.74, 6) is -0.215. The molecule has 0 saturated carbocycles. The molecule has 2 aromatic rings. The minimum Gasteiger partial charge on any atom is -0.485 e. The highest BCUT2D eigenvalue weighted by Gasteiger charge is 2.56. The summed E-state index contributed by atoms with van der Waals surface area (Å²) < 4.78 is 22.8. The van der Waals surface area contributed by atoms with Crippen LogP contribution in [-0.2, 0) is 24.7 Å². The van der Waals surface area contributed by atoms with E-state index in [9.17, 15) is 14.4 Å². The molecule has 162 valence electrons. The molecule has 0 radical (unpaired) electrons.